The Balaban J connectivity index is 1.87. The van der Waals surface area contributed by atoms with E-state index in [1.807, 2.05) is 32.9 Å². The highest BCUT2D eigenvalue weighted by atomic mass is 16.2. The first kappa shape index (κ1) is 17.6. The van der Waals surface area contributed by atoms with Crippen molar-refractivity contribution in [2.75, 3.05) is 11.9 Å². The molecule has 0 spiro atoms. The van der Waals surface area contributed by atoms with E-state index in [9.17, 15) is 9.59 Å². The molecule has 2 rings (SSSR count). The zero-order valence-corrected chi connectivity index (χ0v) is 14.0. The molecule has 8 nitrogen and oxygen atoms in total. The van der Waals surface area contributed by atoms with Crippen LogP contribution in [0.3, 0.4) is 0 Å². The van der Waals surface area contributed by atoms with Gasteiger partial charge in [-0.2, -0.15) is 5.10 Å². The van der Waals surface area contributed by atoms with Gasteiger partial charge in [0.2, 0.25) is 11.8 Å². The quantitative estimate of drug-likeness (QED) is 0.624. The van der Waals surface area contributed by atoms with Crippen molar-refractivity contribution in [2.45, 2.75) is 26.8 Å². The molecule has 1 aromatic carbocycles. The zero-order chi connectivity index (χ0) is 17.7. The highest BCUT2D eigenvalue weighted by Gasteiger charge is 2.17. The third kappa shape index (κ3) is 4.63. The van der Waals surface area contributed by atoms with Gasteiger partial charge in [-0.15, -0.1) is 0 Å². The maximum Gasteiger partial charge on any atom is 0.243 e. The summed E-state index contributed by atoms with van der Waals surface area (Å²) in [7, 11) is 0. The molecular formula is C16H22N6O2. The molecule has 5 N–H and O–H groups in total. The van der Waals surface area contributed by atoms with Crippen molar-refractivity contribution in [2.24, 2.45) is 11.7 Å². The lowest BCUT2D eigenvalue weighted by atomic mass is 10.1. The number of aryl methyl sites for hydroxylation is 1. The summed E-state index contributed by atoms with van der Waals surface area (Å²) < 4.78 is 0. The van der Waals surface area contributed by atoms with Gasteiger partial charge in [-0.05, 0) is 37.1 Å². The van der Waals surface area contributed by atoms with Crippen molar-refractivity contribution in [1.29, 1.82) is 0 Å². The molecule has 0 unspecified atom stereocenters. The molecule has 8 heteroatoms. The van der Waals surface area contributed by atoms with Crippen LogP contribution in [-0.4, -0.2) is 39.6 Å². The van der Waals surface area contributed by atoms with Crippen LogP contribution in [0.2, 0.25) is 0 Å². The van der Waals surface area contributed by atoms with Crippen LogP contribution in [0, 0.1) is 12.8 Å². The number of aromatic amines is 1. The van der Waals surface area contributed by atoms with Crippen LogP contribution in [0.15, 0.2) is 24.3 Å². The largest absolute Gasteiger partial charge is 0.346 e. The molecule has 0 aliphatic heterocycles. The van der Waals surface area contributed by atoms with Crippen LogP contribution in [0.5, 0.6) is 0 Å². The van der Waals surface area contributed by atoms with Crippen LogP contribution < -0.4 is 16.4 Å². The van der Waals surface area contributed by atoms with Crippen molar-refractivity contribution >= 4 is 17.5 Å². The number of nitrogens with two attached hydrogens (primary N) is 1. The van der Waals surface area contributed by atoms with Gasteiger partial charge < -0.3 is 16.4 Å². The number of benzene rings is 1. The first-order chi connectivity index (χ1) is 11.4. The molecule has 24 heavy (non-hydrogen) atoms. The molecular weight excluding hydrogens is 308 g/mol. The van der Waals surface area contributed by atoms with Gasteiger partial charge in [0.15, 0.2) is 5.82 Å². The highest BCUT2D eigenvalue weighted by molar-refractivity contribution is 5.95. The summed E-state index contributed by atoms with van der Waals surface area (Å²) in [5.41, 5.74) is 7.18. The minimum atomic E-state index is -0.623. The number of H-pyrrole nitrogens is 1. The molecule has 0 fully saturated rings. The molecule has 2 aromatic rings. The Morgan fingerprint density at radius 3 is 2.46 bits per heavy atom. The van der Waals surface area contributed by atoms with Crippen LogP contribution in [0.4, 0.5) is 5.69 Å². The Labute approximate surface area is 140 Å². The lowest BCUT2D eigenvalue weighted by Crippen LogP contribution is -2.46. The second-order valence-corrected chi connectivity index (χ2v) is 5.86. The third-order valence-electron chi connectivity index (χ3n) is 3.47. The van der Waals surface area contributed by atoms with Gasteiger partial charge in [0, 0.05) is 11.3 Å². The summed E-state index contributed by atoms with van der Waals surface area (Å²) in [6, 6.07) is 6.50. The fourth-order valence-corrected chi connectivity index (χ4v) is 1.97. The van der Waals surface area contributed by atoms with Gasteiger partial charge in [0.05, 0.1) is 12.6 Å². The molecule has 0 aliphatic rings. The van der Waals surface area contributed by atoms with E-state index in [2.05, 4.69) is 25.8 Å². The Kier molecular flexibility index (Phi) is 5.64. The molecule has 0 radical (unpaired) electrons. The Morgan fingerprint density at radius 1 is 1.25 bits per heavy atom. The van der Waals surface area contributed by atoms with E-state index in [0.29, 0.717) is 11.5 Å². The molecule has 0 bridgehead atoms. The monoisotopic (exact) mass is 330 g/mol. The van der Waals surface area contributed by atoms with Crippen molar-refractivity contribution in [3.63, 3.8) is 0 Å². The van der Waals surface area contributed by atoms with Crippen molar-refractivity contribution < 1.29 is 9.59 Å². The average Bonchev–Trinajstić information content (AvgIpc) is 2.99. The predicted octanol–water partition coefficient (Wildman–Crippen LogP) is 0.818. The molecule has 0 saturated carbocycles. The van der Waals surface area contributed by atoms with Gasteiger partial charge in [-0.3, -0.25) is 14.7 Å². The molecule has 0 saturated heterocycles. The minimum absolute atomic E-state index is 0.0138. The number of nitrogens with zero attached hydrogens (tertiary/aromatic N) is 2. The third-order valence-corrected chi connectivity index (χ3v) is 3.47. The number of carbonyl (C=O) groups is 2. The molecule has 2 amide bonds. The fraction of sp³-hybridized carbons (Fsp3) is 0.375. The van der Waals surface area contributed by atoms with Crippen LogP contribution in [0.1, 0.15) is 19.7 Å². The number of aromatic nitrogens is 3. The number of anilines is 1. The number of hydrogen-bond acceptors (Lipinski definition) is 5. The summed E-state index contributed by atoms with van der Waals surface area (Å²) in [5.74, 6) is 0.689. The van der Waals surface area contributed by atoms with Gasteiger partial charge in [-0.25, -0.2) is 4.98 Å². The molecule has 1 aromatic heterocycles. The maximum absolute atomic E-state index is 11.9. The van der Waals surface area contributed by atoms with Gasteiger partial charge >= 0.3 is 0 Å². The van der Waals surface area contributed by atoms with E-state index in [4.69, 9.17) is 5.73 Å². The van der Waals surface area contributed by atoms with Crippen molar-refractivity contribution in [3.05, 3.63) is 30.1 Å². The number of nitrogens with one attached hydrogen (secondary N) is 3. The number of hydrogen-bond donors (Lipinski definition) is 4. The normalized spacial score (nSPS) is 12.0. The summed E-state index contributed by atoms with van der Waals surface area (Å²) >= 11 is 0. The number of carbonyl (C=O) groups excluding carboxylic acids is 2. The van der Waals surface area contributed by atoms with E-state index in [1.165, 1.54) is 0 Å². The van der Waals surface area contributed by atoms with Crippen LogP contribution in [0.25, 0.3) is 11.4 Å². The maximum atomic E-state index is 11.9. The molecule has 1 atom stereocenters. The van der Waals surface area contributed by atoms with Gasteiger partial charge in [0.25, 0.3) is 0 Å². The lowest BCUT2D eigenvalue weighted by molar-refractivity contribution is -0.125. The van der Waals surface area contributed by atoms with E-state index < -0.39 is 6.04 Å². The summed E-state index contributed by atoms with van der Waals surface area (Å²) in [4.78, 5) is 27.8. The van der Waals surface area contributed by atoms with E-state index in [0.717, 1.165) is 11.4 Å². The first-order valence-electron chi connectivity index (χ1n) is 7.69. The fourth-order valence-electron chi connectivity index (χ4n) is 1.97. The predicted molar refractivity (Wildman–Crippen MR) is 91.0 cm³/mol. The van der Waals surface area contributed by atoms with E-state index in [1.54, 1.807) is 12.1 Å². The molecule has 128 valence electrons. The Morgan fingerprint density at radius 2 is 1.92 bits per heavy atom. The van der Waals surface area contributed by atoms with Gasteiger partial charge in [-0.1, -0.05) is 13.8 Å². The zero-order valence-electron chi connectivity index (χ0n) is 14.0. The van der Waals surface area contributed by atoms with E-state index >= 15 is 0 Å². The Hall–Kier alpha value is -2.74. The van der Waals surface area contributed by atoms with Crippen molar-refractivity contribution in [1.82, 2.24) is 20.5 Å². The molecule has 0 aliphatic carbocycles. The smallest absolute Gasteiger partial charge is 0.243 e. The lowest BCUT2D eigenvalue weighted by Gasteiger charge is -2.15. The number of amides is 2. The van der Waals surface area contributed by atoms with E-state index in [-0.39, 0.29) is 24.3 Å². The summed E-state index contributed by atoms with van der Waals surface area (Å²) in [6.07, 6.45) is 0. The Bertz CT molecular complexity index is 708. The molecule has 1 heterocycles. The topological polar surface area (TPSA) is 126 Å². The highest BCUT2D eigenvalue weighted by Crippen LogP contribution is 2.17. The van der Waals surface area contributed by atoms with Gasteiger partial charge in [0.1, 0.15) is 5.82 Å². The second-order valence-electron chi connectivity index (χ2n) is 5.86. The SMILES string of the molecule is Cc1nc(-c2ccc(NC(=O)CNC(=O)[C@@H](N)C(C)C)cc2)n[nH]1. The van der Waals surface area contributed by atoms with Crippen LogP contribution >= 0.6 is 0 Å². The summed E-state index contributed by atoms with van der Waals surface area (Å²) in [6.45, 7) is 5.40. The van der Waals surface area contributed by atoms with Crippen molar-refractivity contribution in [3.8, 4) is 11.4 Å². The van der Waals surface area contributed by atoms with Crippen LogP contribution in [-0.2, 0) is 9.59 Å². The second kappa shape index (κ2) is 7.69. The standard InChI is InChI=1S/C16H22N6O2/c1-9(2)14(17)16(24)18-8-13(23)20-12-6-4-11(5-7-12)15-19-10(3)21-22-15/h4-7,9,14H,8,17H2,1-3H3,(H,18,24)(H,20,23)(H,19,21,22)/t14-/m0/s1. The average molecular weight is 330 g/mol. The minimum Gasteiger partial charge on any atom is -0.346 e. The first-order valence-corrected chi connectivity index (χ1v) is 7.69. The summed E-state index contributed by atoms with van der Waals surface area (Å²) in [5, 5.41) is 12.1. The number of rotatable bonds is 6.